The highest BCUT2D eigenvalue weighted by Crippen LogP contribution is 2.47. The molecule has 2 nitrogen and oxygen atoms in total. The normalized spacial score (nSPS) is 13.4. The number of para-hydroxylation sites is 3. The van der Waals surface area contributed by atoms with Gasteiger partial charge in [-0.05, 0) is 105 Å². The van der Waals surface area contributed by atoms with Crippen LogP contribution in [0, 0.1) is 0 Å². The molecular formula is C56H43NO. The van der Waals surface area contributed by atoms with Crippen LogP contribution < -0.4 is 4.90 Å². The quantitative estimate of drug-likeness (QED) is 0.162. The van der Waals surface area contributed by atoms with Crippen molar-refractivity contribution in [1.82, 2.24) is 0 Å². The molecule has 0 atom stereocenters. The third-order valence-corrected chi connectivity index (χ3v) is 12.5. The molecule has 0 unspecified atom stereocenters. The van der Waals surface area contributed by atoms with Crippen LogP contribution >= 0.6 is 0 Å². The van der Waals surface area contributed by atoms with Gasteiger partial charge in [0, 0.05) is 33.3 Å². The highest BCUT2D eigenvalue weighted by molar-refractivity contribution is 6.10. The first-order chi connectivity index (χ1) is 28.8. The van der Waals surface area contributed by atoms with Gasteiger partial charge in [-0.3, -0.25) is 0 Å². The summed E-state index contributed by atoms with van der Waals surface area (Å²) in [7, 11) is 0. The van der Waals surface area contributed by atoms with Crippen molar-refractivity contribution in [2.24, 2.45) is 0 Å². The zero-order valence-corrected chi connectivity index (χ0v) is 32.4. The number of anilines is 3. The first-order valence-electron chi connectivity index (χ1n) is 20.8. The molecule has 1 saturated carbocycles. The Balaban J connectivity index is 1.10. The van der Waals surface area contributed by atoms with E-state index in [1.54, 1.807) is 0 Å². The summed E-state index contributed by atoms with van der Waals surface area (Å²) in [5, 5.41) is 7.48. The third kappa shape index (κ3) is 5.96. The largest absolute Gasteiger partial charge is 0.455 e. The Hall–Kier alpha value is -6.90. The predicted octanol–water partition coefficient (Wildman–Crippen LogP) is 16.4. The molecule has 1 heterocycles. The second kappa shape index (κ2) is 14.6. The van der Waals surface area contributed by atoms with Crippen molar-refractivity contribution in [2.45, 2.75) is 38.0 Å². The molecule has 1 aromatic heterocycles. The van der Waals surface area contributed by atoms with Crippen LogP contribution in [-0.4, -0.2) is 0 Å². The van der Waals surface area contributed by atoms with Crippen LogP contribution in [0.4, 0.5) is 17.1 Å². The summed E-state index contributed by atoms with van der Waals surface area (Å²) in [6, 6.07) is 71.0. The summed E-state index contributed by atoms with van der Waals surface area (Å²) in [6.07, 6.45) is 6.48. The van der Waals surface area contributed by atoms with Gasteiger partial charge < -0.3 is 9.32 Å². The van der Waals surface area contributed by atoms with Gasteiger partial charge in [-0.15, -0.1) is 0 Å². The zero-order valence-electron chi connectivity index (χ0n) is 32.4. The summed E-state index contributed by atoms with van der Waals surface area (Å²) in [6.45, 7) is 0. The summed E-state index contributed by atoms with van der Waals surface area (Å²) in [4.78, 5) is 2.46. The Kier molecular flexibility index (Phi) is 8.62. The minimum absolute atomic E-state index is 0.586. The smallest absolute Gasteiger partial charge is 0.143 e. The molecule has 0 amide bonds. The van der Waals surface area contributed by atoms with Gasteiger partial charge >= 0.3 is 0 Å². The fourth-order valence-electron chi connectivity index (χ4n) is 9.73. The molecule has 9 aromatic carbocycles. The molecular weight excluding hydrogens is 703 g/mol. The number of fused-ring (bicyclic) bond motifs is 5. The van der Waals surface area contributed by atoms with E-state index < -0.39 is 0 Å². The Bertz CT molecular complexity index is 3100. The molecule has 1 fully saturated rings. The summed E-state index contributed by atoms with van der Waals surface area (Å²) in [5.74, 6) is 0.586. The van der Waals surface area contributed by atoms with E-state index in [0.717, 1.165) is 50.1 Å². The van der Waals surface area contributed by atoms with Crippen LogP contribution in [0.1, 0.15) is 43.6 Å². The van der Waals surface area contributed by atoms with Gasteiger partial charge in [-0.2, -0.15) is 0 Å². The standard InChI is InChI=1S/C56H43NO/c1-2-15-39(16-3-1)47-27-12-19-41-20-13-29-51(55(41)47)49-24-6-8-31-53(49)57(44-22-10-21-42(37-44)46-26-11-18-38-17-4-5-23-45(38)46)43-35-33-40(34-36-43)48-28-14-30-52-50-25-7-9-32-54(50)58-56(48)52/h4-14,17-37,39H,1-3,15-16H2. The molecule has 11 rings (SSSR count). The topological polar surface area (TPSA) is 16.4 Å². The summed E-state index contributed by atoms with van der Waals surface area (Å²) in [5.41, 5.74) is 13.8. The average Bonchev–Trinajstić information content (AvgIpc) is 3.69. The average molecular weight is 746 g/mol. The number of furan rings is 1. The number of hydrogen-bond donors (Lipinski definition) is 0. The monoisotopic (exact) mass is 745 g/mol. The van der Waals surface area contributed by atoms with Gasteiger partial charge in [0.25, 0.3) is 0 Å². The Morgan fingerprint density at radius 1 is 0.414 bits per heavy atom. The zero-order chi connectivity index (χ0) is 38.4. The van der Waals surface area contributed by atoms with Crippen molar-refractivity contribution in [2.75, 3.05) is 4.90 Å². The maximum Gasteiger partial charge on any atom is 0.143 e. The molecule has 0 aliphatic heterocycles. The second-order valence-electron chi connectivity index (χ2n) is 15.8. The highest BCUT2D eigenvalue weighted by atomic mass is 16.3. The SMILES string of the molecule is c1cc(-c2cccc3ccccc23)cc(N(c2ccc(-c3cccc4c3oc3ccccc34)cc2)c2ccccc2-c2cccc3cccc(C4CCCCC4)c23)c1. The third-order valence-electron chi connectivity index (χ3n) is 12.5. The minimum Gasteiger partial charge on any atom is -0.455 e. The lowest BCUT2D eigenvalue weighted by atomic mass is 9.80. The van der Waals surface area contributed by atoms with Gasteiger partial charge in [0.05, 0.1) is 5.69 Å². The van der Waals surface area contributed by atoms with E-state index in [1.807, 2.05) is 6.07 Å². The fraction of sp³-hybridized carbons (Fsp3) is 0.107. The van der Waals surface area contributed by atoms with Crippen molar-refractivity contribution < 1.29 is 4.42 Å². The fourth-order valence-corrected chi connectivity index (χ4v) is 9.73. The molecule has 10 aromatic rings. The van der Waals surface area contributed by atoms with Crippen LogP contribution in [0.5, 0.6) is 0 Å². The Morgan fingerprint density at radius 2 is 1.05 bits per heavy atom. The first-order valence-corrected chi connectivity index (χ1v) is 20.8. The van der Waals surface area contributed by atoms with Gasteiger partial charge in [-0.1, -0.05) is 177 Å². The molecule has 0 spiro atoms. The summed E-state index contributed by atoms with van der Waals surface area (Å²) >= 11 is 0. The number of hydrogen-bond acceptors (Lipinski definition) is 2. The van der Waals surface area contributed by atoms with Gasteiger partial charge in [0.15, 0.2) is 0 Å². The highest BCUT2D eigenvalue weighted by Gasteiger charge is 2.23. The molecule has 0 bridgehead atoms. The van der Waals surface area contributed by atoms with E-state index in [9.17, 15) is 0 Å². The van der Waals surface area contributed by atoms with Crippen molar-refractivity contribution >= 4 is 60.5 Å². The summed E-state index contributed by atoms with van der Waals surface area (Å²) < 4.78 is 6.48. The lowest BCUT2D eigenvalue weighted by Gasteiger charge is -2.29. The molecule has 0 N–H and O–H groups in total. The maximum absolute atomic E-state index is 6.48. The molecule has 1 aliphatic rings. The van der Waals surface area contributed by atoms with Crippen molar-refractivity contribution in [3.8, 4) is 33.4 Å². The lowest BCUT2D eigenvalue weighted by molar-refractivity contribution is 0.445. The molecule has 0 radical (unpaired) electrons. The number of rotatable bonds is 7. The van der Waals surface area contributed by atoms with E-state index in [2.05, 4.69) is 193 Å². The second-order valence-corrected chi connectivity index (χ2v) is 15.8. The maximum atomic E-state index is 6.48. The van der Waals surface area contributed by atoms with Crippen LogP contribution in [-0.2, 0) is 0 Å². The minimum atomic E-state index is 0.586. The van der Waals surface area contributed by atoms with Crippen molar-refractivity contribution in [3.63, 3.8) is 0 Å². The first kappa shape index (κ1) is 34.4. The van der Waals surface area contributed by atoms with E-state index in [0.29, 0.717) is 5.92 Å². The molecule has 1 aliphatic carbocycles. The number of benzene rings is 9. The van der Waals surface area contributed by atoms with Crippen LogP contribution in [0.25, 0.3) is 76.9 Å². The van der Waals surface area contributed by atoms with Crippen LogP contribution in [0.15, 0.2) is 199 Å². The molecule has 58 heavy (non-hydrogen) atoms. The van der Waals surface area contributed by atoms with E-state index in [1.165, 1.54) is 81.5 Å². The van der Waals surface area contributed by atoms with Crippen LogP contribution in [0.3, 0.4) is 0 Å². The number of nitrogens with zero attached hydrogens (tertiary/aromatic N) is 1. The van der Waals surface area contributed by atoms with E-state index in [-0.39, 0.29) is 0 Å². The lowest BCUT2D eigenvalue weighted by Crippen LogP contribution is -2.11. The molecule has 0 saturated heterocycles. The van der Waals surface area contributed by atoms with E-state index in [4.69, 9.17) is 4.42 Å². The van der Waals surface area contributed by atoms with Crippen LogP contribution in [0.2, 0.25) is 0 Å². The Labute approximate surface area is 339 Å². The van der Waals surface area contributed by atoms with Gasteiger partial charge in [0.2, 0.25) is 0 Å². The molecule has 278 valence electrons. The Morgan fingerprint density at radius 3 is 1.93 bits per heavy atom. The van der Waals surface area contributed by atoms with Crippen molar-refractivity contribution in [1.29, 1.82) is 0 Å². The van der Waals surface area contributed by atoms with Crippen molar-refractivity contribution in [3.05, 3.63) is 200 Å². The van der Waals surface area contributed by atoms with Gasteiger partial charge in [0.1, 0.15) is 11.2 Å². The van der Waals surface area contributed by atoms with E-state index >= 15 is 0 Å². The van der Waals surface area contributed by atoms with Gasteiger partial charge in [-0.25, -0.2) is 0 Å². The predicted molar refractivity (Wildman–Crippen MR) is 246 cm³/mol. The molecule has 2 heteroatoms.